The molecule has 3 nitrogen and oxygen atoms in total. The molecule has 0 aliphatic carbocycles. The van der Waals surface area contributed by atoms with Crippen molar-refractivity contribution in [3.63, 3.8) is 0 Å². The quantitative estimate of drug-likeness (QED) is 0.193. The molecule has 0 aromatic rings. The molecule has 0 amide bonds. The summed E-state index contributed by atoms with van der Waals surface area (Å²) < 4.78 is 0.867. The molecule has 0 bridgehead atoms. The Hall–Kier alpha value is -0.670. The van der Waals surface area contributed by atoms with Crippen molar-refractivity contribution in [3.05, 3.63) is 12.2 Å². The van der Waals surface area contributed by atoms with Gasteiger partial charge in [0.2, 0.25) is 5.84 Å². The van der Waals surface area contributed by atoms with Crippen LogP contribution in [0.1, 0.15) is 110 Å². The second kappa shape index (κ2) is 17.2. The van der Waals surface area contributed by atoms with Gasteiger partial charge in [-0.05, 0) is 19.8 Å². The molecule has 28 heavy (non-hydrogen) atoms. The lowest BCUT2D eigenvalue weighted by Crippen LogP contribution is -2.51. The highest BCUT2D eigenvalue weighted by Crippen LogP contribution is 2.17. The zero-order chi connectivity index (χ0) is 20.3. The molecular weight excluding hydrogens is 344 g/mol. The van der Waals surface area contributed by atoms with Crippen LogP contribution >= 0.6 is 0 Å². The molecule has 1 aliphatic heterocycles. The highest BCUT2D eigenvalue weighted by molar-refractivity contribution is 5.88. The summed E-state index contributed by atoms with van der Waals surface area (Å²) in [4.78, 5) is 4.68. The monoisotopic (exact) mass is 393 g/mol. The minimum Gasteiger partial charge on any atom is -0.390 e. The highest BCUT2D eigenvalue weighted by atomic mass is 16.3. The van der Waals surface area contributed by atoms with Gasteiger partial charge in [-0.15, -0.1) is 0 Å². The fraction of sp³-hybridized carbons (Fsp3) is 0.880. The van der Waals surface area contributed by atoms with E-state index in [4.69, 9.17) is 0 Å². The summed E-state index contributed by atoms with van der Waals surface area (Å²) in [6.45, 7) is 8.54. The van der Waals surface area contributed by atoms with Gasteiger partial charge in [-0.1, -0.05) is 96.5 Å². The fourth-order valence-electron chi connectivity index (χ4n) is 4.37. The van der Waals surface area contributed by atoms with E-state index in [1.54, 1.807) is 0 Å². The first kappa shape index (κ1) is 25.4. The second-order valence-electron chi connectivity index (χ2n) is 8.66. The van der Waals surface area contributed by atoms with Crippen molar-refractivity contribution in [2.75, 3.05) is 32.8 Å². The van der Waals surface area contributed by atoms with E-state index in [9.17, 15) is 5.11 Å². The van der Waals surface area contributed by atoms with Gasteiger partial charge in [0.25, 0.3) is 0 Å². The van der Waals surface area contributed by atoms with Crippen LogP contribution in [-0.4, -0.2) is 48.2 Å². The zero-order valence-electron chi connectivity index (χ0n) is 19.1. The average Bonchev–Trinajstić information content (AvgIpc) is 3.11. The third kappa shape index (κ3) is 10.8. The van der Waals surface area contributed by atoms with E-state index in [0.29, 0.717) is 0 Å². The van der Waals surface area contributed by atoms with E-state index in [0.717, 1.165) is 30.7 Å². The van der Waals surface area contributed by atoms with Crippen molar-refractivity contribution in [1.29, 1.82) is 0 Å². The smallest absolute Gasteiger partial charge is 0.222 e. The largest absolute Gasteiger partial charge is 0.390 e. The highest BCUT2D eigenvalue weighted by Gasteiger charge is 2.34. The van der Waals surface area contributed by atoms with Crippen LogP contribution in [0, 0.1) is 0 Å². The van der Waals surface area contributed by atoms with Gasteiger partial charge in [0.05, 0.1) is 19.7 Å². The summed E-state index contributed by atoms with van der Waals surface area (Å²) in [5.74, 6) is 1.18. The first-order valence-electron chi connectivity index (χ1n) is 12.5. The van der Waals surface area contributed by atoms with Gasteiger partial charge in [0.1, 0.15) is 13.1 Å². The molecule has 164 valence electrons. The Bertz CT molecular complexity index is 419. The number of unbranched alkanes of at least 4 members (excludes halogenated alkanes) is 14. The standard InChI is InChI=1S/C25H49N2O/c1-3-5-6-7-8-9-10-11-12-13-14-15-16-17-18-19-20-25-26-21-22-27(25,4-2)23-24-28/h19-20,28H,3-18,21-24H2,1-2H3/q+1/b20-19+. The summed E-state index contributed by atoms with van der Waals surface area (Å²) in [6.07, 6.45) is 25.5. The van der Waals surface area contributed by atoms with Crippen LogP contribution in [-0.2, 0) is 0 Å². The average molecular weight is 394 g/mol. The Morgan fingerprint density at radius 2 is 1.36 bits per heavy atom. The van der Waals surface area contributed by atoms with Gasteiger partial charge >= 0.3 is 0 Å². The van der Waals surface area contributed by atoms with E-state index in [1.807, 2.05) is 0 Å². The number of nitrogens with zero attached hydrogens (tertiary/aromatic N) is 2. The molecule has 1 unspecified atom stereocenters. The normalized spacial score (nSPS) is 19.6. The van der Waals surface area contributed by atoms with E-state index in [1.165, 1.54) is 102 Å². The Kier molecular flexibility index (Phi) is 15.6. The number of amidine groups is 1. The maximum absolute atomic E-state index is 9.36. The number of allylic oxidation sites excluding steroid dienone is 1. The molecule has 1 rings (SSSR count). The number of aliphatic hydroxyl groups is 1. The van der Waals surface area contributed by atoms with Crippen molar-refractivity contribution in [2.45, 2.75) is 110 Å². The Morgan fingerprint density at radius 1 is 0.821 bits per heavy atom. The van der Waals surface area contributed by atoms with Gasteiger partial charge in [0, 0.05) is 6.08 Å². The third-order valence-electron chi connectivity index (χ3n) is 6.41. The van der Waals surface area contributed by atoms with E-state index < -0.39 is 0 Å². The van der Waals surface area contributed by atoms with Crippen molar-refractivity contribution in [2.24, 2.45) is 4.99 Å². The molecule has 1 aliphatic rings. The number of hydrogen-bond acceptors (Lipinski definition) is 2. The molecule has 0 saturated heterocycles. The topological polar surface area (TPSA) is 32.6 Å². The molecule has 0 aromatic heterocycles. The Labute approximate surface area is 175 Å². The van der Waals surface area contributed by atoms with Gasteiger partial charge < -0.3 is 5.11 Å². The van der Waals surface area contributed by atoms with Crippen LogP contribution in [0.5, 0.6) is 0 Å². The van der Waals surface area contributed by atoms with Crippen LogP contribution in [0.4, 0.5) is 0 Å². The van der Waals surface area contributed by atoms with Gasteiger partial charge in [-0.2, -0.15) is 0 Å². The van der Waals surface area contributed by atoms with Gasteiger partial charge in [-0.25, -0.2) is 4.99 Å². The third-order valence-corrected chi connectivity index (χ3v) is 6.41. The molecule has 0 saturated carbocycles. The Balaban J connectivity index is 1.92. The summed E-state index contributed by atoms with van der Waals surface area (Å²) in [6, 6.07) is 0. The number of likely N-dealkylation sites (N-methyl/N-ethyl adjacent to an activating group) is 1. The lowest BCUT2D eigenvalue weighted by Gasteiger charge is -2.31. The molecule has 0 fully saturated rings. The number of aliphatic hydroxyl groups excluding tert-OH is 1. The van der Waals surface area contributed by atoms with E-state index >= 15 is 0 Å². The number of rotatable bonds is 19. The van der Waals surface area contributed by atoms with Crippen LogP contribution in [0.25, 0.3) is 0 Å². The van der Waals surface area contributed by atoms with Crippen LogP contribution in [0.3, 0.4) is 0 Å². The lowest BCUT2D eigenvalue weighted by atomic mass is 10.0. The molecule has 1 N–H and O–H groups in total. The fourth-order valence-corrected chi connectivity index (χ4v) is 4.37. The maximum Gasteiger partial charge on any atom is 0.222 e. The van der Waals surface area contributed by atoms with E-state index in [2.05, 4.69) is 31.0 Å². The lowest BCUT2D eigenvalue weighted by molar-refractivity contribution is -0.832. The minimum atomic E-state index is 0.250. The molecule has 0 spiro atoms. The van der Waals surface area contributed by atoms with Crippen molar-refractivity contribution in [3.8, 4) is 0 Å². The SMILES string of the molecule is CCCCCCCCCCCCCCCC/C=C/C1=NCC[N+]1(CC)CCO. The number of hydrogen-bond donors (Lipinski definition) is 1. The van der Waals surface area contributed by atoms with Crippen LogP contribution in [0.15, 0.2) is 17.1 Å². The molecule has 1 heterocycles. The molecule has 0 radical (unpaired) electrons. The maximum atomic E-state index is 9.36. The molecule has 0 aromatic carbocycles. The van der Waals surface area contributed by atoms with Crippen LogP contribution in [0.2, 0.25) is 0 Å². The van der Waals surface area contributed by atoms with Crippen molar-refractivity contribution >= 4 is 5.84 Å². The minimum absolute atomic E-state index is 0.250. The molecule has 1 atom stereocenters. The Morgan fingerprint density at radius 3 is 1.86 bits per heavy atom. The van der Waals surface area contributed by atoms with E-state index in [-0.39, 0.29) is 6.61 Å². The molecule has 3 heteroatoms. The predicted molar refractivity (Wildman–Crippen MR) is 124 cm³/mol. The summed E-state index contributed by atoms with van der Waals surface area (Å²) >= 11 is 0. The van der Waals surface area contributed by atoms with Crippen LogP contribution < -0.4 is 0 Å². The zero-order valence-corrected chi connectivity index (χ0v) is 19.1. The summed E-state index contributed by atoms with van der Waals surface area (Å²) in [7, 11) is 0. The number of quaternary nitrogens is 1. The second-order valence-corrected chi connectivity index (χ2v) is 8.66. The number of aliphatic imine (C=N–C) groups is 1. The van der Waals surface area contributed by atoms with Crippen molar-refractivity contribution in [1.82, 2.24) is 0 Å². The summed E-state index contributed by atoms with van der Waals surface area (Å²) in [5, 5.41) is 9.36. The summed E-state index contributed by atoms with van der Waals surface area (Å²) in [5.41, 5.74) is 0. The predicted octanol–water partition coefficient (Wildman–Crippen LogP) is 6.66. The first-order valence-corrected chi connectivity index (χ1v) is 12.5. The van der Waals surface area contributed by atoms with Gasteiger partial charge in [-0.3, -0.25) is 4.48 Å². The van der Waals surface area contributed by atoms with Crippen molar-refractivity contribution < 1.29 is 9.59 Å². The first-order chi connectivity index (χ1) is 13.8. The molecular formula is C25H49N2O+. The van der Waals surface area contributed by atoms with Gasteiger partial charge in [0.15, 0.2) is 0 Å².